The SMILES string of the molecule is O=C(CC1SCCN1C(=O)c1ccccc1)OC(Cc1c(Cl)cncc1Cl)c1ccc(OC(F)F)c(OCC2CC2)c1. The monoisotopic (exact) mass is 636 g/mol. The molecule has 5 rings (SSSR count). The summed E-state index contributed by atoms with van der Waals surface area (Å²) in [6, 6.07) is 13.3. The van der Waals surface area contributed by atoms with E-state index in [1.54, 1.807) is 29.2 Å². The van der Waals surface area contributed by atoms with E-state index in [-0.39, 0.29) is 40.3 Å². The van der Waals surface area contributed by atoms with Crippen molar-refractivity contribution < 1.29 is 32.6 Å². The fraction of sp³-hybridized carbons (Fsp3) is 0.367. The summed E-state index contributed by atoms with van der Waals surface area (Å²) in [5.41, 5.74) is 1.54. The van der Waals surface area contributed by atoms with E-state index in [1.165, 1.54) is 42.4 Å². The van der Waals surface area contributed by atoms with Crippen LogP contribution >= 0.6 is 35.0 Å². The Morgan fingerprint density at radius 2 is 1.79 bits per heavy atom. The van der Waals surface area contributed by atoms with Gasteiger partial charge < -0.3 is 19.1 Å². The van der Waals surface area contributed by atoms with Crippen LogP contribution in [0.1, 0.15) is 46.9 Å². The lowest BCUT2D eigenvalue weighted by Crippen LogP contribution is -2.36. The van der Waals surface area contributed by atoms with Gasteiger partial charge in [-0.3, -0.25) is 14.6 Å². The van der Waals surface area contributed by atoms with Crippen molar-refractivity contribution in [2.24, 2.45) is 5.92 Å². The average molecular weight is 638 g/mol. The quantitative estimate of drug-likeness (QED) is 0.194. The largest absolute Gasteiger partial charge is 0.489 e. The minimum absolute atomic E-state index is 0.0465. The van der Waals surface area contributed by atoms with E-state index < -0.39 is 24.1 Å². The molecule has 0 spiro atoms. The molecule has 2 atom stereocenters. The van der Waals surface area contributed by atoms with Crippen molar-refractivity contribution in [3.63, 3.8) is 0 Å². The third kappa shape index (κ3) is 7.85. The molecule has 2 fully saturated rings. The summed E-state index contributed by atoms with van der Waals surface area (Å²) in [5.74, 6) is 0.365. The van der Waals surface area contributed by atoms with Gasteiger partial charge in [-0.2, -0.15) is 8.78 Å². The molecular formula is C30H28Cl2F2N2O5S. The molecule has 2 unspecified atom stereocenters. The standard InChI is InChI=1S/C30H28Cl2F2N2O5S/c31-22-15-35-16-23(32)21(22)13-25(20-8-9-24(41-30(33)34)26(12-20)39-17-18-6-7-18)40-28(37)14-27-36(10-11-42-27)29(38)19-4-2-1-3-5-19/h1-5,8-9,12,15-16,18,25,27,30H,6-7,10-11,13-14,17H2. The molecule has 1 aromatic heterocycles. The first kappa shape index (κ1) is 30.4. The number of halogens is 4. The predicted molar refractivity (Wildman–Crippen MR) is 156 cm³/mol. The highest BCUT2D eigenvalue weighted by atomic mass is 35.5. The van der Waals surface area contributed by atoms with Crippen molar-refractivity contribution in [2.45, 2.75) is 43.8 Å². The first-order chi connectivity index (χ1) is 20.3. The van der Waals surface area contributed by atoms with Gasteiger partial charge in [0, 0.05) is 36.7 Å². The number of hydrogen-bond donors (Lipinski definition) is 0. The van der Waals surface area contributed by atoms with E-state index in [0.717, 1.165) is 12.8 Å². The Hall–Kier alpha value is -3.08. The summed E-state index contributed by atoms with van der Waals surface area (Å²) in [4.78, 5) is 32.1. The third-order valence-corrected chi connectivity index (χ3v) is 8.83. The maximum Gasteiger partial charge on any atom is 0.387 e. The number of amides is 1. The van der Waals surface area contributed by atoms with Gasteiger partial charge in [-0.05, 0) is 54.2 Å². The number of ether oxygens (including phenoxy) is 3. The molecule has 2 aliphatic rings. The Kier molecular flexibility index (Phi) is 10.1. The van der Waals surface area contributed by atoms with E-state index in [9.17, 15) is 18.4 Å². The number of nitrogens with zero attached hydrogens (tertiary/aromatic N) is 2. The Labute approximate surface area is 256 Å². The zero-order valence-corrected chi connectivity index (χ0v) is 24.7. The number of pyridine rings is 1. The van der Waals surface area contributed by atoms with E-state index >= 15 is 0 Å². The number of benzene rings is 2. The third-order valence-electron chi connectivity index (χ3n) is 6.96. The number of hydrogen-bond acceptors (Lipinski definition) is 7. The Balaban J connectivity index is 1.38. The number of esters is 1. The fourth-order valence-corrected chi connectivity index (χ4v) is 6.32. The molecule has 222 valence electrons. The summed E-state index contributed by atoms with van der Waals surface area (Å²) in [6.45, 7) is -2.16. The number of alkyl halides is 2. The second kappa shape index (κ2) is 13.9. The van der Waals surface area contributed by atoms with Gasteiger partial charge in [0.1, 0.15) is 6.10 Å². The molecule has 1 saturated carbocycles. The van der Waals surface area contributed by atoms with Gasteiger partial charge in [-0.25, -0.2) is 0 Å². The maximum atomic E-state index is 13.4. The normalized spacial score (nSPS) is 17.3. The van der Waals surface area contributed by atoms with Gasteiger partial charge in [0.15, 0.2) is 11.5 Å². The molecule has 1 aliphatic heterocycles. The zero-order chi connectivity index (χ0) is 29.6. The van der Waals surface area contributed by atoms with Gasteiger partial charge in [0.05, 0.1) is 28.4 Å². The minimum atomic E-state index is -3.03. The highest BCUT2D eigenvalue weighted by Gasteiger charge is 2.33. The summed E-state index contributed by atoms with van der Waals surface area (Å²) in [7, 11) is 0. The molecule has 0 N–H and O–H groups in total. The molecule has 1 aliphatic carbocycles. The van der Waals surface area contributed by atoms with Crippen molar-refractivity contribution in [3.8, 4) is 11.5 Å². The van der Waals surface area contributed by atoms with Gasteiger partial charge in [-0.15, -0.1) is 11.8 Å². The summed E-state index contributed by atoms with van der Waals surface area (Å²) >= 11 is 14.3. The van der Waals surface area contributed by atoms with Crippen LogP contribution in [-0.2, 0) is 16.0 Å². The van der Waals surface area contributed by atoms with Crippen LogP contribution in [0, 0.1) is 5.92 Å². The molecule has 1 amide bonds. The lowest BCUT2D eigenvalue weighted by molar-refractivity contribution is -0.149. The molecule has 2 aromatic carbocycles. The number of rotatable bonds is 12. The van der Waals surface area contributed by atoms with Gasteiger partial charge in [-0.1, -0.05) is 47.5 Å². The molecule has 7 nitrogen and oxygen atoms in total. The van der Waals surface area contributed by atoms with Gasteiger partial charge >= 0.3 is 12.6 Å². The fourth-order valence-electron chi connectivity index (χ4n) is 4.59. The molecule has 3 aromatic rings. The molecule has 42 heavy (non-hydrogen) atoms. The number of thioether (sulfide) groups is 1. The van der Waals surface area contributed by atoms with Crippen molar-refractivity contribution >= 4 is 46.8 Å². The topological polar surface area (TPSA) is 78.0 Å². The molecule has 2 heterocycles. The molecule has 1 saturated heterocycles. The van der Waals surface area contributed by atoms with Crippen molar-refractivity contribution in [2.75, 3.05) is 18.9 Å². The number of carbonyl (C=O) groups is 2. The summed E-state index contributed by atoms with van der Waals surface area (Å²) in [6.07, 6.45) is 4.03. The molecule has 0 radical (unpaired) electrons. The maximum absolute atomic E-state index is 13.4. The smallest absolute Gasteiger partial charge is 0.387 e. The Morgan fingerprint density at radius 3 is 2.48 bits per heavy atom. The Bertz CT molecular complexity index is 1390. The minimum Gasteiger partial charge on any atom is -0.489 e. The van der Waals surface area contributed by atoms with Crippen LogP contribution in [0.3, 0.4) is 0 Å². The van der Waals surface area contributed by atoms with Gasteiger partial charge in [0.25, 0.3) is 5.91 Å². The number of carbonyl (C=O) groups excluding carboxylic acids is 2. The zero-order valence-electron chi connectivity index (χ0n) is 22.4. The van der Waals surface area contributed by atoms with E-state index in [1.807, 2.05) is 6.07 Å². The highest BCUT2D eigenvalue weighted by molar-refractivity contribution is 8.00. The average Bonchev–Trinajstić information content (AvgIpc) is 3.70. The lowest BCUT2D eigenvalue weighted by atomic mass is 10.0. The second-order valence-corrected chi connectivity index (χ2v) is 12.1. The van der Waals surface area contributed by atoms with Crippen LogP contribution in [-0.4, -0.2) is 52.7 Å². The van der Waals surface area contributed by atoms with Crippen LogP contribution in [0.4, 0.5) is 8.78 Å². The number of aromatic nitrogens is 1. The van der Waals surface area contributed by atoms with Crippen LogP contribution in [0.25, 0.3) is 0 Å². The van der Waals surface area contributed by atoms with E-state index in [4.69, 9.17) is 32.7 Å². The van der Waals surface area contributed by atoms with Crippen molar-refractivity contribution in [1.82, 2.24) is 9.88 Å². The van der Waals surface area contributed by atoms with E-state index in [2.05, 4.69) is 9.72 Å². The lowest BCUT2D eigenvalue weighted by Gasteiger charge is -2.25. The van der Waals surface area contributed by atoms with Crippen molar-refractivity contribution in [1.29, 1.82) is 0 Å². The first-order valence-electron chi connectivity index (χ1n) is 13.4. The highest BCUT2D eigenvalue weighted by Crippen LogP contribution is 2.38. The first-order valence-corrected chi connectivity index (χ1v) is 15.3. The summed E-state index contributed by atoms with van der Waals surface area (Å²) < 4.78 is 42.7. The van der Waals surface area contributed by atoms with Crippen LogP contribution in [0.2, 0.25) is 10.0 Å². The summed E-state index contributed by atoms with van der Waals surface area (Å²) in [5, 5.41) is 0.174. The molecule has 12 heteroatoms. The Morgan fingerprint density at radius 1 is 1.05 bits per heavy atom. The molecule has 0 bridgehead atoms. The van der Waals surface area contributed by atoms with Crippen molar-refractivity contribution in [3.05, 3.63) is 87.7 Å². The van der Waals surface area contributed by atoms with E-state index in [0.29, 0.717) is 41.5 Å². The van der Waals surface area contributed by atoms with Crippen LogP contribution in [0.5, 0.6) is 11.5 Å². The second-order valence-electron chi connectivity index (χ2n) is 10.00. The molecular weight excluding hydrogens is 609 g/mol. The van der Waals surface area contributed by atoms with Crippen LogP contribution < -0.4 is 9.47 Å². The predicted octanol–water partition coefficient (Wildman–Crippen LogP) is 7.21. The van der Waals surface area contributed by atoms with Gasteiger partial charge in [0.2, 0.25) is 0 Å². The van der Waals surface area contributed by atoms with Crippen LogP contribution in [0.15, 0.2) is 60.9 Å².